The van der Waals surface area contributed by atoms with E-state index < -0.39 is 18.3 Å². The average Bonchev–Trinajstić information content (AvgIpc) is 3.40. The zero-order valence-corrected chi connectivity index (χ0v) is 18.0. The Kier molecular flexibility index (Phi) is 5.65. The van der Waals surface area contributed by atoms with E-state index >= 15 is 0 Å². The van der Waals surface area contributed by atoms with E-state index in [1.807, 2.05) is 6.07 Å². The van der Waals surface area contributed by atoms with Gasteiger partial charge in [0, 0.05) is 12.3 Å². The zero-order valence-electron chi connectivity index (χ0n) is 18.0. The van der Waals surface area contributed by atoms with Gasteiger partial charge in [-0.3, -0.25) is 0 Å². The first-order chi connectivity index (χ1) is 15.0. The van der Waals surface area contributed by atoms with Crippen molar-refractivity contribution in [1.82, 2.24) is 0 Å². The Morgan fingerprint density at radius 1 is 1.03 bits per heavy atom. The van der Waals surface area contributed by atoms with Crippen LogP contribution in [0.2, 0.25) is 0 Å². The Morgan fingerprint density at radius 3 is 2.45 bits per heavy atom. The lowest BCUT2D eigenvalue weighted by molar-refractivity contribution is -0.181. The third-order valence-corrected chi connectivity index (χ3v) is 7.36. The summed E-state index contributed by atoms with van der Waals surface area (Å²) in [6.07, 6.45) is 1.69. The highest BCUT2D eigenvalue weighted by atomic mass is 16.5. The third kappa shape index (κ3) is 4.30. The number of aliphatic hydroxyl groups excluding tert-OH is 3. The number of aryl methyl sites for hydroxylation is 1. The zero-order chi connectivity index (χ0) is 21.6. The lowest BCUT2D eigenvalue weighted by Crippen LogP contribution is -2.47. The Labute approximate surface area is 183 Å². The normalized spacial score (nSPS) is 31.8. The molecular weight excluding hydrogens is 392 g/mol. The van der Waals surface area contributed by atoms with Gasteiger partial charge in [-0.05, 0) is 60.4 Å². The van der Waals surface area contributed by atoms with Gasteiger partial charge in [-0.25, -0.2) is 0 Å². The molecule has 3 fully saturated rings. The van der Waals surface area contributed by atoms with E-state index in [0.717, 1.165) is 25.0 Å². The van der Waals surface area contributed by atoms with Crippen molar-refractivity contribution >= 4 is 0 Å². The van der Waals surface area contributed by atoms with Gasteiger partial charge in [0.2, 0.25) is 0 Å². The molecule has 1 spiro atoms. The Bertz CT molecular complexity index is 920. The van der Waals surface area contributed by atoms with Crippen LogP contribution in [-0.2, 0) is 15.9 Å². The minimum absolute atomic E-state index is 0.209. The molecule has 166 valence electrons. The van der Waals surface area contributed by atoms with Gasteiger partial charge in [0.1, 0.15) is 12.2 Å². The van der Waals surface area contributed by atoms with Gasteiger partial charge in [-0.15, -0.1) is 0 Å². The third-order valence-electron chi connectivity index (χ3n) is 7.36. The standard InChI is InChI=1S/C26H32O5/c1-16-2-5-19(23-12-22(28)25(29)24(14-27)31-23)11-20(16)10-17-3-6-18(7-4-17)21-13-26(8-9-26)30-15-21/h2-7,11,21-25,27-29H,8-10,12-15H2,1H3/t21?,22?,23-,24?,25-/m0/s1. The highest BCUT2D eigenvalue weighted by Gasteiger charge is 2.50. The Morgan fingerprint density at radius 2 is 1.77 bits per heavy atom. The summed E-state index contributed by atoms with van der Waals surface area (Å²) in [5, 5.41) is 29.6. The van der Waals surface area contributed by atoms with Crippen LogP contribution in [0.4, 0.5) is 0 Å². The number of aliphatic hydroxyl groups is 3. The molecular formula is C26H32O5. The summed E-state index contributed by atoms with van der Waals surface area (Å²) >= 11 is 0. The van der Waals surface area contributed by atoms with E-state index in [1.54, 1.807) is 0 Å². The van der Waals surface area contributed by atoms with E-state index in [4.69, 9.17) is 9.47 Å². The summed E-state index contributed by atoms with van der Waals surface area (Å²) in [4.78, 5) is 0. The van der Waals surface area contributed by atoms with Crippen molar-refractivity contribution in [2.45, 2.75) is 75.0 Å². The monoisotopic (exact) mass is 424 g/mol. The molecule has 3 aliphatic rings. The van der Waals surface area contributed by atoms with Gasteiger partial charge >= 0.3 is 0 Å². The van der Waals surface area contributed by atoms with Crippen LogP contribution in [0.25, 0.3) is 0 Å². The predicted molar refractivity (Wildman–Crippen MR) is 117 cm³/mol. The van der Waals surface area contributed by atoms with Crippen LogP contribution in [0.5, 0.6) is 0 Å². The van der Waals surface area contributed by atoms with Crippen molar-refractivity contribution in [2.24, 2.45) is 0 Å². The molecule has 5 nitrogen and oxygen atoms in total. The molecule has 0 aromatic heterocycles. The second-order valence-corrected chi connectivity index (χ2v) is 9.64. The summed E-state index contributed by atoms with van der Waals surface area (Å²) in [5.41, 5.74) is 6.24. The summed E-state index contributed by atoms with van der Waals surface area (Å²) in [5.74, 6) is 0.520. The molecule has 3 unspecified atom stereocenters. The number of ether oxygens (including phenoxy) is 2. The van der Waals surface area contributed by atoms with Crippen molar-refractivity contribution < 1.29 is 24.8 Å². The molecule has 0 amide bonds. The van der Waals surface area contributed by atoms with Crippen molar-refractivity contribution in [3.05, 3.63) is 70.3 Å². The molecule has 2 aromatic rings. The van der Waals surface area contributed by atoms with Crippen LogP contribution in [-0.4, -0.2) is 52.4 Å². The van der Waals surface area contributed by atoms with Crippen LogP contribution < -0.4 is 0 Å². The van der Waals surface area contributed by atoms with Gasteiger partial charge in [0.15, 0.2) is 0 Å². The summed E-state index contributed by atoms with van der Waals surface area (Å²) < 4.78 is 11.9. The molecule has 1 aliphatic carbocycles. The lowest BCUT2D eigenvalue weighted by Gasteiger charge is -2.36. The van der Waals surface area contributed by atoms with E-state index in [2.05, 4.69) is 43.3 Å². The summed E-state index contributed by atoms with van der Waals surface area (Å²) in [7, 11) is 0. The molecule has 5 rings (SSSR count). The van der Waals surface area contributed by atoms with Crippen molar-refractivity contribution in [3.63, 3.8) is 0 Å². The molecule has 31 heavy (non-hydrogen) atoms. The van der Waals surface area contributed by atoms with Gasteiger partial charge in [-0.1, -0.05) is 42.5 Å². The molecule has 1 saturated carbocycles. The van der Waals surface area contributed by atoms with E-state index in [0.29, 0.717) is 12.3 Å². The van der Waals surface area contributed by atoms with Crippen LogP contribution in [0.3, 0.4) is 0 Å². The maximum atomic E-state index is 10.2. The fourth-order valence-corrected chi connectivity index (χ4v) is 5.08. The molecule has 2 saturated heterocycles. The van der Waals surface area contributed by atoms with Gasteiger partial charge in [0.05, 0.1) is 31.0 Å². The van der Waals surface area contributed by atoms with Crippen LogP contribution in [0.15, 0.2) is 42.5 Å². The molecule has 5 atom stereocenters. The maximum Gasteiger partial charge on any atom is 0.110 e. The Hall–Kier alpha value is -1.76. The largest absolute Gasteiger partial charge is 0.394 e. The fourth-order valence-electron chi connectivity index (χ4n) is 5.08. The van der Waals surface area contributed by atoms with Crippen molar-refractivity contribution in [3.8, 4) is 0 Å². The maximum absolute atomic E-state index is 10.2. The van der Waals surface area contributed by atoms with Crippen LogP contribution >= 0.6 is 0 Å². The van der Waals surface area contributed by atoms with Crippen LogP contribution in [0.1, 0.15) is 65.5 Å². The minimum Gasteiger partial charge on any atom is -0.394 e. The van der Waals surface area contributed by atoms with E-state index in [-0.39, 0.29) is 18.3 Å². The summed E-state index contributed by atoms with van der Waals surface area (Å²) in [6.45, 7) is 2.64. The molecule has 0 radical (unpaired) electrons. The highest BCUT2D eigenvalue weighted by molar-refractivity contribution is 5.38. The first kappa shape index (κ1) is 21.1. The van der Waals surface area contributed by atoms with Gasteiger partial charge in [0.25, 0.3) is 0 Å². The first-order valence-electron chi connectivity index (χ1n) is 11.4. The van der Waals surface area contributed by atoms with E-state index in [1.165, 1.54) is 35.1 Å². The minimum atomic E-state index is -1.05. The topological polar surface area (TPSA) is 79.2 Å². The highest BCUT2D eigenvalue weighted by Crippen LogP contribution is 2.51. The second kappa shape index (κ2) is 8.30. The molecule has 2 aromatic carbocycles. The van der Waals surface area contributed by atoms with Crippen LogP contribution in [0, 0.1) is 6.92 Å². The number of hydrogen-bond donors (Lipinski definition) is 3. The number of hydrogen-bond acceptors (Lipinski definition) is 5. The van der Waals surface area contributed by atoms with Gasteiger partial charge < -0.3 is 24.8 Å². The van der Waals surface area contributed by atoms with Crippen molar-refractivity contribution in [1.29, 1.82) is 0 Å². The predicted octanol–water partition coefficient (Wildman–Crippen LogP) is 3.17. The molecule has 3 N–H and O–H groups in total. The molecule has 2 heterocycles. The van der Waals surface area contributed by atoms with E-state index in [9.17, 15) is 15.3 Å². The Balaban J connectivity index is 1.29. The summed E-state index contributed by atoms with van der Waals surface area (Å²) in [6, 6.07) is 15.2. The number of rotatable bonds is 5. The van der Waals surface area contributed by atoms with Crippen molar-refractivity contribution in [2.75, 3.05) is 13.2 Å². The molecule has 5 heteroatoms. The quantitative estimate of drug-likeness (QED) is 0.687. The number of benzene rings is 2. The smallest absolute Gasteiger partial charge is 0.110 e. The molecule has 0 bridgehead atoms. The van der Waals surface area contributed by atoms with Gasteiger partial charge in [-0.2, -0.15) is 0 Å². The second-order valence-electron chi connectivity index (χ2n) is 9.64. The lowest BCUT2D eigenvalue weighted by atomic mass is 9.90. The molecule has 2 aliphatic heterocycles. The SMILES string of the molecule is Cc1ccc([C@@H]2CC(O)[C@H](O)C(CO)O2)cc1Cc1ccc(C2COC3(CC3)C2)cc1. The average molecular weight is 425 g/mol. The first-order valence-corrected chi connectivity index (χ1v) is 11.4. The fraction of sp³-hybridized carbons (Fsp3) is 0.538.